The first-order valence-electron chi connectivity index (χ1n) is 9.99. The Morgan fingerprint density at radius 3 is 3.00 bits per heavy atom. The van der Waals surface area contributed by atoms with Crippen LogP contribution in [0.1, 0.15) is 24.0 Å². The molecule has 1 saturated heterocycles. The molecule has 2 aliphatic rings. The molecule has 2 atom stereocenters. The number of ether oxygens (including phenoxy) is 2. The van der Waals surface area contributed by atoms with Crippen LogP contribution < -0.4 is 10.1 Å². The summed E-state index contributed by atoms with van der Waals surface area (Å²) in [6, 6.07) is 7.94. The first-order chi connectivity index (χ1) is 13.7. The minimum atomic E-state index is -0.101. The summed E-state index contributed by atoms with van der Waals surface area (Å²) in [6.45, 7) is 3.12. The second-order valence-corrected chi connectivity index (χ2v) is 7.65. The van der Waals surface area contributed by atoms with Crippen LogP contribution in [0.3, 0.4) is 0 Å². The summed E-state index contributed by atoms with van der Waals surface area (Å²) >= 11 is 0. The Hall–Kier alpha value is -2.38. The van der Waals surface area contributed by atoms with Crippen LogP contribution in [0.15, 0.2) is 36.7 Å². The monoisotopic (exact) mass is 384 g/mol. The summed E-state index contributed by atoms with van der Waals surface area (Å²) in [4.78, 5) is 14.8. The van der Waals surface area contributed by atoms with Crippen molar-refractivity contribution in [1.29, 1.82) is 0 Å². The highest BCUT2D eigenvalue weighted by Crippen LogP contribution is 2.22. The Kier molecular flexibility index (Phi) is 5.92. The van der Waals surface area contributed by atoms with Crippen molar-refractivity contribution >= 4 is 5.91 Å². The van der Waals surface area contributed by atoms with Gasteiger partial charge in [-0.05, 0) is 30.9 Å². The predicted molar refractivity (Wildman–Crippen MR) is 105 cm³/mol. The van der Waals surface area contributed by atoms with Crippen molar-refractivity contribution in [2.45, 2.75) is 38.0 Å². The van der Waals surface area contributed by atoms with Crippen molar-refractivity contribution in [1.82, 2.24) is 20.0 Å². The van der Waals surface area contributed by atoms with Crippen LogP contribution in [-0.4, -0.2) is 59.0 Å². The topological polar surface area (TPSA) is 68.6 Å². The van der Waals surface area contributed by atoms with E-state index in [1.54, 1.807) is 0 Å². The second-order valence-electron chi connectivity index (χ2n) is 7.65. The fourth-order valence-corrected chi connectivity index (χ4v) is 4.00. The van der Waals surface area contributed by atoms with Gasteiger partial charge in [-0.2, -0.15) is 5.10 Å². The third-order valence-electron chi connectivity index (χ3n) is 5.36. The number of nitrogens with one attached hydrogen (secondary N) is 1. The number of aryl methyl sites for hydroxylation is 2. The molecule has 1 aromatic carbocycles. The smallest absolute Gasteiger partial charge is 0.258 e. The maximum absolute atomic E-state index is 12.5. The summed E-state index contributed by atoms with van der Waals surface area (Å²) in [6.07, 6.45) is 6.89. The lowest BCUT2D eigenvalue weighted by atomic mass is 10.1. The predicted octanol–water partition coefficient (Wildman–Crippen LogP) is 1.52. The zero-order valence-electron chi connectivity index (χ0n) is 16.3. The maximum atomic E-state index is 12.5. The molecule has 2 aliphatic heterocycles. The van der Waals surface area contributed by atoms with E-state index < -0.39 is 0 Å². The Morgan fingerprint density at radius 1 is 1.25 bits per heavy atom. The molecule has 0 radical (unpaired) electrons. The van der Waals surface area contributed by atoms with Crippen LogP contribution in [0, 0.1) is 0 Å². The van der Waals surface area contributed by atoms with E-state index in [1.807, 2.05) is 42.3 Å². The van der Waals surface area contributed by atoms with E-state index in [-0.39, 0.29) is 24.7 Å². The van der Waals surface area contributed by atoms with Gasteiger partial charge in [-0.25, -0.2) is 0 Å². The number of nitrogens with zero attached hydrogens (tertiary/aromatic N) is 3. The number of likely N-dealkylation sites (tertiary alicyclic amines) is 1. The van der Waals surface area contributed by atoms with Crippen LogP contribution in [0.4, 0.5) is 0 Å². The van der Waals surface area contributed by atoms with Crippen molar-refractivity contribution in [2.24, 2.45) is 7.05 Å². The van der Waals surface area contributed by atoms with Gasteiger partial charge in [0.1, 0.15) is 5.75 Å². The Labute approximate surface area is 165 Å². The number of aromatic nitrogens is 2. The molecule has 0 aliphatic carbocycles. The molecule has 150 valence electrons. The van der Waals surface area contributed by atoms with Gasteiger partial charge in [0.2, 0.25) is 0 Å². The number of amides is 1. The molecule has 2 aromatic rings. The minimum Gasteiger partial charge on any atom is -0.483 e. The van der Waals surface area contributed by atoms with E-state index in [1.165, 1.54) is 5.56 Å². The Balaban J connectivity index is 1.41. The van der Waals surface area contributed by atoms with Crippen molar-refractivity contribution in [3.8, 4) is 5.75 Å². The lowest BCUT2D eigenvalue weighted by Gasteiger charge is -2.20. The van der Waals surface area contributed by atoms with Crippen LogP contribution in [0.25, 0.3) is 0 Å². The van der Waals surface area contributed by atoms with E-state index in [0.29, 0.717) is 6.61 Å². The normalized spacial score (nSPS) is 24.1. The second kappa shape index (κ2) is 8.75. The van der Waals surface area contributed by atoms with Crippen molar-refractivity contribution in [2.75, 3.05) is 26.3 Å². The van der Waals surface area contributed by atoms with Gasteiger partial charge in [0.15, 0.2) is 6.61 Å². The van der Waals surface area contributed by atoms with E-state index in [2.05, 4.69) is 21.4 Å². The molecule has 28 heavy (non-hydrogen) atoms. The number of rotatable bonds is 2. The Morgan fingerprint density at radius 2 is 2.14 bits per heavy atom. The number of carbonyl (C=O) groups excluding carboxylic acids is 1. The molecule has 1 amide bonds. The largest absolute Gasteiger partial charge is 0.483 e. The molecule has 1 aromatic heterocycles. The van der Waals surface area contributed by atoms with Gasteiger partial charge >= 0.3 is 0 Å². The molecule has 0 saturated carbocycles. The first-order valence-corrected chi connectivity index (χ1v) is 9.99. The number of hydrogen-bond donors (Lipinski definition) is 1. The Bertz CT molecular complexity index is 806. The van der Waals surface area contributed by atoms with Gasteiger partial charge < -0.3 is 14.8 Å². The third-order valence-corrected chi connectivity index (χ3v) is 5.36. The zero-order valence-corrected chi connectivity index (χ0v) is 16.3. The summed E-state index contributed by atoms with van der Waals surface area (Å²) in [5.74, 6) is 0.704. The van der Waals surface area contributed by atoms with Crippen molar-refractivity contribution < 1.29 is 14.3 Å². The zero-order chi connectivity index (χ0) is 19.3. The molecular formula is C21H28N4O3. The molecular weight excluding hydrogens is 356 g/mol. The van der Waals surface area contributed by atoms with Gasteiger partial charge in [-0.15, -0.1) is 0 Å². The molecule has 1 fully saturated rings. The lowest BCUT2D eigenvalue weighted by Crippen LogP contribution is -2.45. The van der Waals surface area contributed by atoms with E-state index in [0.717, 1.165) is 50.2 Å². The maximum Gasteiger partial charge on any atom is 0.258 e. The molecule has 4 rings (SSSR count). The number of benzene rings is 1. The van der Waals surface area contributed by atoms with Crippen LogP contribution >= 0.6 is 0 Å². The van der Waals surface area contributed by atoms with E-state index >= 15 is 0 Å². The number of para-hydroxylation sites is 1. The number of hydrogen-bond acceptors (Lipinski definition) is 5. The molecule has 1 N–H and O–H groups in total. The molecule has 7 heteroatoms. The van der Waals surface area contributed by atoms with Crippen LogP contribution in [0.2, 0.25) is 0 Å². The van der Waals surface area contributed by atoms with Crippen molar-refractivity contribution in [3.05, 3.63) is 47.8 Å². The minimum absolute atomic E-state index is 0.00347. The quantitative estimate of drug-likeness (QED) is 0.850. The van der Waals surface area contributed by atoms with E-state index in [4.69, 9.17) is 9.47 Å². The summed E-state index contributed by atoms with van der Waals surface area (Å²) in [7, 11) is 1.92. The standard InChI is InChI=1S/C21H28N4O3/c1-24-11-16(10-22-24)12-25-13-18-20(14-25)27-9-5-4-7-17-6-2-3-8-19(17)28-15-21(26)23-18/h2-3,6,8,10-11,18,20H,4-5,7,9,12-15H2,1H3,(H,23,26)/t18-,20+/m0/s1. The van der Waals surface area contributed by atoms with Gasteiger partial charge in [0.25, 0.3) is 5.91 Å². The summed E-state index contributed by atoms with van der Waals surface area (Å²) < 4.78 is 13.8. The van der Waals surface area contributed by atoms with Gasteiger partial charge in [0.05, 0.1) is 18.3 Å². The fourth-order valence-electron chi connectivity index (χ4n) is 4.00. The lowest BCUT2D eigenvalue weighted by molar-refractivity contribution is -0.124. The number of carbonyl (C=O) groups is 1. The van der Waals surface area contributed by atoms with Crippen LogP contribution in [0.5, 0.6) is 5.75 Å². The average molecular weight is 384 g/mol. The van der Waals surface area contributed by atoms with Crippen molar-refractivity contribution in [3.63, 3.8) is 0 Å². The number of fused-ring (bicyclic) bond motifs is 2. The molecule has 0 bridgehead atoms. The molecule has 0 unspecified atom stereocenters. The molecule has 7 nitrogen and oxygen atoms in total. The van der Waals surface area contributed by atoms with Gasteiger partial charge in [-0.3, -0.25) is 14.4 Å². The summed E-state index contributed by atoms with van der Waals surface area (Å²) in [5, 5.41) is 7.35. The van der Waals surface area contributed by atoms with Gasteiger partial charge in [-0.1, -0.05) is 18.2 Å². The van der Waals surface area contributed by atoms with Gasteiger partial charge in [0, 0.05) is 45.0 Å². The summed E-state index contributed by atoms with van der Waals surface area (Å²) in [5.41, 5.74) is 2.32. The molecule has 0 spiro atoms. The van der Waals surface area contributed by atoms with E-state index in [9.17, 15) is 4.79 Å². The fraction of sp³-hybridized carbons (Fsp3) is 0.524. The SMILES string of the molecule is Cn1cc(CN2C[C@@H]3NC(=O)COc4ccccc4CCCCO[C@@H]3C2)cn1. The van der Waals surface area contributed by atoms with Crippen LogP contribution in [-0.2, 0) is 29.5 Å². The highest BCUT2D eigenvalue weighted by molar-refractivity contribution is 5.78. The third kappa shape index (κ3) is 4.72. The average Bonchev–Trinajstić information content (AvgIpc) is 3.26. The highest BCUT2D eigenvalue weighted by Gasteiger charge is 2.34. The molecule has 3 heterocycles. The first kappa shape index (κ1) is 19.0. The highest BCUT2D eigenvalue weighted by atomic mass is 16.5.